The van der Waals surface area contributed by atoms with Crippen molar-refractivity contribution in [1.29, 1.82) is 0 Å². The van der Waals surface area contributed by atoms with E-state index in [1.807, 2.05) is 0 Å². The van der Waals surface area contributed by atoms with Gasteiger partial charge in [-0.05, 0) is 109 Å². The summed E-state index contributed by atoms with van der Waals surface area (Å²) in [6, 6.07) is 76.4. The lowest BCUT2D eigenvalue weighted by Crippen LogP contribution is -2.10. The van der Waals surface area contributed by atoms with Crippen LogP contribution in [0.1, 0.15) is 0 Å². The molecule has 11 aromatic rings. The fourth-order valence-corrected chi connectivity index (χ4v) is 8.52. The molecule has 1 heterocycles. The van der Waals surface area contributed by atoms with E-state index in [0.717, 1.165) is 50.1 Å². The Kier molecular flexibility index (Phi) is 7.53. The molecule has 0 saturated carbocycles. The van der Waals surface area contributed by atoms with E-state index in [0.29, 0.717) is 0 Å². The molecule has 1 aromatic heterocycles. The van der Waals surface area contributed by atoms with Crippen molar-refractivity contribution in [2.45, 2.75) is 0 Å². The smallest absolute Gasteiger partial charge is 0.145 e. The van der Waals surface area contributed by atoms with Crippen LogP contribution in [0.15, 0.2) is 217 Å². The SMILES string of the molecule is c1ccc(-c2ccc(-c3ccc(N(c4ccc5ccccc5c4)c4ccc(-c5cc6ccccc6c6ccccc56)c5oc6ccccc6c45)cc3)cc2)cc1. The van der Waals surface area contributed by atoms with Gasteiger partial charge in [-0.2, -0.15) is 0 Å². The van der Waals surface area contributed by atoms with Crippen LogP contribution in [-0.4, -0.2) is 0 Å². The number of anilines is 3. The van der Waals surface area contributed by atoms with E-state index in [-0.39, 0.29) is 0 Å². The predicted molar refractivity (Wildman–Crippen MR) is 237 cm³/mol. The molecule has 0 bridgehead atoms. The van der Waals surface area contributed by atoms with E-state index in [9.17, 15) is 0 Å². The highest BCUT2D eigenvalue weighted by atomic mass is 16.3. The Morgan fingerprint density at radius 2 is 0.875 bits per heavy atom. The van der Waals surface area contributed by atoms with Crippen LogP contribution in [0, 0.1) is 0 Å². The van der Waals surface area contributed by atoms with Crippen molar-refractivity contribution < 1.29 is 4.42 Å². The van der Waals surface area contributed by atoms with E-state index < -0.39 is 0 Å². The molecule has 262 valence electrons. The maximum absolute atomic E-state index is 6.92. The summed E-state index contributed by atoms with van der Waals surface area (Å²) in [6.07, 6.45) is 0. The van der Waals surface area contributed by atoms with E-state index in [1.54, 1.807) is 0 Å². The van der Waals surface area contributed by atoms with Gasteiger partial charge >= 0.3 is 0 Å². The van der Waals surface area contributed by atoms with E-state index in [2.05, 4.69) is 217 Å². The summed E-state index contributed by atoms with van der Waals surface area (Å²) in [4.78, 5) is 2.39. The molecule has 0 aliphatic carbocycles. The molecule has 0 aliphatic rings. The zero-order valence-corrected chi connectivity index (χ0v) is 30.6. The van der Waals surface area contributed by atoms with E-state index in [4.69, 9.17) is 4.42 Å². The molecule has 2 heteroatoms. The zero-order chi connectivity index (χ0) is 37.0. The van der Waals surface area contributed by atoms with Crippen LogP contribution in [-0.2, 0) is 0 Å². The third-order valence-corrected chi connectivity index (χ3v) is 11.2. The first-order valence-corrected chi connectivity index (χ1v) is 19.2. The zero-order valence-electron chi connectivity index (χ0n) is 30.6. The van der Waals surface area contributed by atoms with Gasteiger partial charge in [-0.3, -0.25) is 0 Å². The molecule has 0 amide bonds. The number of hydrogen-bond donors (Lipinski definition) is 0. The first-order chi connectivity index (χ1) is 27.8. The van der Waals surface area contributed by atoms with Crippen LogP contribution in [0.3, 0.4) is 0 Å². The third-order valence-electron chi connectivity index (χ3n) is 11.2. The maximum atomic E-state index is 6.92. The molecule has 10 aromatic carbocycles. The molecule has 11 rings (SSSR count). The van der Waals surface area contributed by atoms with Crippen molar-refractivity contribution in [3.05, 3.63) is 212 Å². The summed E-state index contributed by atoms with van der Waals surface area (Å²) in [6.45, 7) is 0. The molecule has 2 nitrogen and oxygen atoms in total. The van der Waals surface area contributed by atoms with Gasteiger partial charge in [0.15, 0.2) is 0 Å². The molecule has 0 radical (unpaired) electrons. The van der Waals surface area contributed by atoms with E-state index >= 15 is 0 Å². The maximum Gasteiger partial charge on any atom is 0.145 e. The first kappa shape index (κ1) is 32.0. The highest BCUT2D eigenvalue weighted by Crippen LogP contribution is 2.48. The Morgan fingerprint density at radius 1 is 0.321 bits per heavy atom. The van der Waals surface area contributed by atoms with Crippen LogP contribution >= 0.6 is 0 Å². The summed E-state index contributed by atoms with van der Waals surface area (Å²) in [5, 5.41) is 9.49. The molecule has 0 unspecified atom stereocenters. The summed E-state index contributed by atoms with van der Waals surface area (Å²) in [5.74, 6) is 0. The lowest BCUT2D eigenvalue weighted by molar-refractivity contribution is 0.670. The second-order valence-corrected chi connectivity index (χ2v) is 14.5. The minimum atomic E-state index is 0.869. The quantitative estimate of drug-likeness (QED) is 0.160. The molecular formula is C54H35NO. The molecule has 0 aliphatic heterocycles. The number of benzene rings is 10. The van der Waals surface area contributed by atoms with Crippen molar-refractivity contribution >= 4 is 71.3 Å². The number of fused-ring (bicyclic) bond motifs is 7. The number of nitrogens with zero attached hydrogens (tertiary/aromatic N) is 1. The third kappa shape index (κ3) is 5.34. The van der Waals surface area contributed by atoms with Gasteiger partial charge in [0, 0.05) is 22.3 Å². The van der Waals surface area contributed by atoms with Gasteiger partial charge in [0.2, 0.25) is 0 Å². The largest absolute Gasteiger partial charge is 0.455 e. The molecule has 0 N–H and O–H groups in total. The number of para-hydroxylation sites is 1. The van der Waals surface area contributed by atoms with Gasteiger partial charge in [0.1, 0.15) is 11.2 Å². The highest BCUT2D eigenvalue weighted by molar-refractivity contribution is 6.21. The summed E-state index contributed by atoms with van der Waals surface area (Å²) in [7, 11) is 0. The second kappa shape index (κ2) is 13.2. The molecule has 0 spiro atoms. The number of hydrogen-bond acceptors (Lipinski definition) is 2. The average molecular weight is 714 g/mol. The van der Waals surface area contributed by atoms with Gasteiger partial charge in [-0.15, -0.1) is 0 Å². The van der Waals surface area contributed by atoms with Crippen LogP contribution in [0.2, 0.25) is 0 Å². The Morgan fingerprint density at radius 3 is 1.62 bits per heavy atom. The topological polar surface area (TPSA) is 16.4 Å². The average Bonchev–Trinajstić information content (AvgIpc) is 3.67. The van der Waals surface area contributed by atoms with Crippen molar-refractivity contribution in [1.82, 2.24) is 0 Å². The standard InChI is InChI=1S/C54H35NO/c1-2-12-36(13-3-1)38-22-24-39(25-23-38)40-26-29-43(30-27-40)55(44-31-28-37-14-4-5-15-41(37)34-44)51-33-32-48(54-53(51)49-20-10-11-21-52(49)56-54)50-35-42-16-6-7-17-45(42)46-18-8-9-19-47(46)50/h1-35H. The van der Waals surface area contributed by atoms with Gasteiger partial charge in [-0.25, -0.2) is 0 Å². The molecule has 0 fully saturated rings. The van der Waals surface area contributed by atoms with Gasteiger partial charge in [0.25, 0.3) is 0 Å². The van der Waals surface area contributed by atoms with Crippen LogP contribution in [0.25, 0.3) is 87.6 Å². The number of furan rings is 1. The second-order valence-electron chi connectivity index (χ2n) is 14.5. The van der Waals surface area contributed by atoms with Crippen molar-refractivity contribution in [3.8, 4) is 33.4 Å². The summed E-state index contributed by atoms with van der Waals surface area (Å²) in [5.41, 5.74) is 12.0. The van der Waals surface area contributed by atoms with Crippen molar-refractivity contribution in [3.63, 3.8) is 0 Å². The predicted octanol–water partition coefficient (Wildman–Crippen LogP) is 15.5. The Bertz CT molecular complexity index is 3230. The van der Waals surface area contributed by atoms with Crippen LogP contribution in [0.5, 0.6) is 0 Å². The van der Waals surface area contributed by atoms with Crippen LogP contribution in [0.4, 0.5) is 17.1 Å². The lowest BCUT2D eigenvalue weighted by atomic mass is 9.92. The fourth-order valence-electron chi connectivity index (χ4n) is 8.52. The molecule has 56 heavy (non-hydrogen) atoms. The minimum Gasteiger partial charge on any atom is -0.455 e. The normalized spacial score (nSPS) is 11.6. The Balaban J connectivity index is 1.11. The van der Waals surface area contributed by atoms with Gasteiger partial charge < -0.3 is 9.32 Å². The monoisotopic (exact) mass is 713 g/mol. The molecule has 0 atom stereocenters. The summed E-state index contributed by atoms with van der Waals surface area (Å²) < 4.78 is 6.92. The molecule has 0 saturated heterocycles. The first-order valence-electron chi connectivity index (χ1n) is 19.2. The summed E-state index contributed by atoms with van der Waals surface area (Å²) >= 11 is 0. The molecular weight excluding hydrogens is 679 g/mol. The minimum absolute atomic E-state index is 0.869. The van der Waals surface area contributed by atoms with Crippen molar-refractivity contribution in [2.75, 3.05) is 4.90 Å². The van der Waals surface area contributed by atoms with Crippen molar-refractivity contribution in [2.24, 2.45) is 0 Å². The fraction of sp³-hybridized carbons (Fsp3) is 0. The number of rotatable bonds is 6. The Labute approximate surface area is 325 Å². The lowest BCUT2D eigenvalue weighted by Gasteiger charge is -2.27. The van der Waals surface area contributed by atoms with Gasteiger partial charge in [0.05, 0.1) is 11.1 Å². The van der Waals surface area contributed by atoms with E-state index in [1.165, 1.54) is 54.6 Å². The highest BCUT2D eigenvalue weighted by Gasteiger charge is 2.23. The Hall–Kier alpha value is -7.42. The van der Waals surface area contributed by atoms with Crippen LogP contribution < -0.4 is 4.90 Å². The van der Waals surface area contributed by atoms with Gasteiger partial charge in [-0.1, -0.05) is 164 Å².